The van der Waals surface area contributed by atoms with E-state index in [0.717, 1.165) is 27.7 Å². The minimum atomic E-state index is -0.721. The second-order valence-electron chi connectivity index (χ2n) is 8.49. The molecular weight excluding hydrogens is 550 g/mol. The highest BCUT2D eigenvalue weighted by Crippen LogP contribution is 2.34. The SMILES string of the molecule is Nc1ncc([C@H]2CC[C@@H](O)CC2)nc1-c1ccc(C(=O)N[C@H](CO)c2cccc(I)c2)c(F)c1. The van der Waals surface area contributed by atoms with Gasteiger partial charge >= 0.3 is 0 Å². The highest BCUT2D eigenvalue weighted by Gasteiger charge is 2.24. The predicted molar refractivity (Wildman–Crippen MR) is 136 cm³/mol. The fraction of sp³-hybridized carbons (Fsp3) is 0.320. The van der Waals surface area contributed by atoms with Crippen molar-refractivity contribution < 1.29 is 19.4 Å². The molecule has 2 aromatic carbocycles. The number of rotatable bonds is 6. The summed E-state index contributed by atoms with van der Waals surface area (Å²) >= 11 is 2.15. The first kappa shape index (κ1) is 24.5. The van der Waals surface area contributed by atoms with Crippen LogP contribution in [0.1, 0.15) is 59.3 Å². The number of halogens is 2. The van der Waals surface area contributed by atoms with Crippen LogP contribution in [0.3, 0.4) is 0 Å². The largest absolute Gasteiger partial charge is 0.394 e. The summed E-state index contributed by atoms with van der Waals surface area (Å²) in [7, 11) is 0. The van der Waals surface area contributed by atoms with Crippen LogP contribution in [0.25, 0.3) is 11.3 Å². The fourth-order valence-corrected chi connectivity index (χ4v) is 4.80. The van der Waals surface area contributed by atoms with Crippen molar-refractivity contribution in [1.82, 2.24) is 15.3 Å². The Balaban J connectivity index is 1.55. The van der Waals surface area contributed by atoms with Gasteiger partial charge in [-0.15, -0.1) is 0 Å². The minimum Gasteiger partial charge on any atom is -0.394 e. The molecule has 1 fully saturated rings. The average molecular weight is 576 g/mol. The van der Waals surface area contributed by atoms with E-state index in [1.54, 1.807) is 18.3 Å². The van der Waals surface area contributed by atoms with Crippen molar-refractivity contribution in [3.8, 4) is 11.3 Å². The molecule has 0 aliphatic heterocycles. The van der Waals surface area contributed by atoms with Gasteiger partial charge in [-0.25, -0.2) is 14.4 Å². The summed E-state index contributed by atoms with van der Waals surface area (Å²) in [6.07, 6.45) is 4.39. The van der Waals surface area contributed by atoms with Crippen molar-refractivity contribution >= 4 is 34.3 Å². The second-order valence-corrected chi connectivity index (χ2v) is 9.74. The van der Waals surface area contributed by atoms with Gasteiger partial charge in [0.25, 0.3) is 5.91 Å². The highest BCUT2D eigenvalue weighted by molar-refractivity contribution is 14.1. The summed E-state index contributed by atoms with van der Waals surface area (Å²) in [6, 6.07) is 10.9. The summed E-state index contributed by atoms with van der Waals surface area (Å²) in [6.45, 7) is -0.317. The Morgan fingerprint density at radius 2 is 1.97 bits per heavy atom. The molecule has 0 bridgehead atoms. The normalized spacial score (nSPS) is 18.9. The van der Waals surface area contributed by atoms with Crippen LogP contribution >= 0.6 is 22.6 Å². The summed E-state index contributed by atoms with van der Waals surface area (Å²) in [5.74, 6) is -1.01. The van der Waals surface area contributed by atoms with E-state index in [-0.39, 0.29) is 30.0 Å². The molecule has 4 rings (SSSR count). The van der Waals surface area contributed by atoms with E-state index in [0.29, 0.717) is 24.1 Å². The van der Waals surface area contributed by atoms with E-state index in [1.165, 1.54) is 12.1 Å². The number of aliphatic hydroxyl groups is 2. The molecule has 1 heterocycles. The van der Waals surface area contributed by atoms with Gasteiger partial charge in [0.1, 0.15) is 17.3 Å². The van der Waals surface area contributed by atoms with Crippen molar-refractivity contribution in [3.63, 3.8) is 0 Å². The third kappa shape index (κ3) is 5.53. The molecule has 0 spiro atoms. The van der Waals surface area contributed by atoms with Gasteiger partial charge < -0.3 is 21.3 Å². The van der Waals surface area contributed by atoms with Crippen LogP contribution in [0.4, 0.5) is 10.2 Å². The van der Waals surface area contributed by atoms with Gasteiger partial charge in [0.05, 0.1) is 36.2 Å². The van der Waals surface area contributed by atoms with E-state index >= 15 is 0 Å². The monoisotopic (exact) mass is 576 g/mol. The Morgan fingerprint density at radius 1 is 1.21 bits per heavy atom. The molecular formula is C25H26FIN4O3. The Labute approximate surface area is 210 Å². The molecule has 3 aromatic rings. The summed E-state index contributed by atoms with van der Waals surface area (Å²) in [4.78, 5) is 21.7. The molecule has 7 nitrogen and oxygen atoms in total. The maximum atomic E-state index is 15.0. The number of carbonyl (C=O) groups excluding carboxylic acids is 1. The lowest BCUT2D eigenvalue weighted by molar-refractivity contribution is 0.0912. The molecule has 1 aromatic heterocycles. The maximum Gasteiger partial charge on any atom is 0.254 e. The number of nitrogen functional groups attached to an aromatic ring is 1. The third-order valence-corrected chi connectivity index (χ3v) is 6.83. The van der Waals surface area contributed by atoms with Crippen LogP contribution in [0.15, 0.2) is 48.7 Å². The number of aromatic nitrogens is 2. The lowest BCUT2D eigenvalue weighted by atomic mass is 9.85. The number of benzene rings is 2. The van der Waals surface area contributed by atoms with E-state index in [4.69, 9.17) is 5.73 Å². The molecule has 1 amide bonds. The van der Waals surface area contributed by atoms with Gasteiger partial charge in [-0.3, -0.25) is 4.79 Å². The number of aliphatic hydroxyl groups excluding tert-OH is 2. The Bertz CT molecular complexity index is 1180. The number of nitrogens with two attached hydrogens (primary N) is 1. The third-order valence-electron chi connectivity index (χ3n) is 6.16. The first-order valence-electron chi connectivity index (χ1n) is 11.1. The van der Waals surface area contributed by atoms with Crippen LogP contribution < -0.4 is 11.1 Å². The molecule has 1 aliphatic carbocycles. The molecule has 178 valence electrons. The zero-order valence-corrected chi connectivity index (χ0v) is 20.6. The maximum absolute atomic E-state index is 15.0. The molecule has 9 heteroatoms. The minimum absolute atomic E-state index is 0.142. The van der Waals surface area contributed by atoms with Crippen molar-refractivity contribution in [2.45, 2.75) is 43.7 Å². The van der Waals surface area contributed by atoms with E-state index in [9.17, 15) is 19.4 Å². The van der Waals surface area contributed by atoms with E-state index in [1.807, 2.05) is 18.2 Å². The van der Waals surface area contributed by atoms with Gasteiger partial charge in [-0.1, -0.05) is 18.2 Å². The molecule has 0 radical (unpaired) electrons. The standard InChI is InChI=1S/C25H26FIN4O3/c26-20-11-16(23-24(28)29-12-21(30-23)14-4-7-18(33)8-5-14)6-9-19(20)25(34)31-22(13-32)15-2-1-3-17(27)10-15/h1-3,6,9-12,14,18,22,32-33H,4-5,7-8,13H2,(H2,28,29)(H,31,34)/t14-,18+,22-/m1/s1. The van der Waals surface area contributed by atoms with Crippen molar-refractivity contribution in [1.29, 1.82) is 0 Å². The second kappa shape index (κ2) is 10.7. The van der Waals surface area contributed by atoms with Crippen molar-refractivity contribution in [2.24, 2.45) is 0 Å². The van der Waals surface area contributed by atoms with Crippen LogP contribution in [-0.4, -0.2) is 38.8 Å². The number of hydrogen-bond donors (Lipinski definition) is 4. The molecule has 0 unspecified atom stereocenters. The molecule has 0 saturated heterocycles. The first-order valence-corrected chi connectivity index (χ1v) is 12.2. The number of carbonyl (C=O) groups is 1. The Morgan fingerprint density at radius 3 is 2.65 bits per heavy atom. The molecule has 34 heavy (non-hydrogen) atoms. The lowest BCUT2D eigenvalue weighted by Gasteiger charge is -2.25. The number of nitrogens with zero attached hydrogens (tertiary/aromatic N) is 2. The van der Waals surface area contributed by atoms with Crippen LogP contribution in [-0.2, 0) is 0 Å². The van der Waals surface area contributed by atoms with Crippen LogP contribution in [0, 0.1) is 9.39 Å². The van der Waals surface area contributed by atoms with Crippen molar-refractivity contribution in [2.75, 3.05) is 12.3 Å². The lowest BCUT2D eigenvalue weighted by Crippen LogP contribution is -2.31. The highest BCUT2D eigenvalue weighted by atomic mass is 127. The molecule has 5 N–H and O–H groups in total. The Hall–Kier alpha value is -2.63. The molecule has 1 atom stereocenters. The fourth-order valence-electron chi connectivity index (χ4n) is 4.23. The van der Waals surface area contributed by atoms with Gasteiger partial charge in [-0.2, -0.15) is 0 Å². The van der Waals surface area contributed by atoms with E-state index < -0.39 is 17.8 Å². The zero-order chi connectivity index (χ0) is 24.2. The van der Waals surface area contributed by atoms with Crippen LogP contribution in [0.5, 0.6) is 0 Å². The first-order chi connectivity index (χ1) is 16.4. The number of hydrogen-bond acceptors (Lipinski definition) is 6. The summed E-state index contributed by atoms with van der Waals surface area (Å²) in [5.41, 5.74) is 8.18. The van der Waals surface area contributed by atoms with Gasteiger partial charge in [0, 0.05) is 15.1 Å². The van der Waals surface area contributed by atoms with Crippen LogP contribution in [0.2, 0.25) is 0 Å². The summed E-state index contributed by atoms with van der Waals surface area (Å²) in [5, 5.41) is 22.2. The molecule has 1 saturated carbocycles. The van der Waals surface area contributed by atoms with Crippen molar-refractivity contribution in [3.05, 3.63) is 74.9 Å². The number of anilines is 1. The molecule has 1 aliphatic rings. The van der Waals surface area contributed by atoms with E-state index in [2.05, 4.69) is 37.9 Å². The summed E-state index contributed by atoms with van der Waals surface area (Å²) < 4.78 is 16.0. The topological polar surface area (TPSA) is 121 Å². The Kier molecular flexibility index (Phi) is 7.74. The van der Waals surface area contributed by atoms with Gasteiger partial charge in [-0.05, 0) is 78.1 Å². The number of amides is 1. The van der Waals surface area contributed by atoms with Gasteiger partial charge in [0.2, 0.25) is 0 Å². The smallest absolute Gasteiger partial charge is 0.254 e. The average Bonchev–Trinajstić information content (AvgIpc) is 2.83. The predicted octanol–water partition coefficient (Wildman–Crippen LogP) is 3.95. The zero-order valence-electron chi connectivity index (χ0n) is 18.4. The quantitative estimate of drug-likeness (QED) is 0.330. The van der Waals surface area contributed by atoms with Gasteiger partial charge in [0.15, 0.2) is 0 Å². The number of nitrogens with one attached hydrogen (secondary N) is 1.